The fraction of sp³-hybridized carbons (Fsp3) is 0.324. The number of likely N-dealkylation sites (N-methyl/N-ethyl adjacent to an activating group) is 1. The highest BCUT2D eigenvalue weighted by atomic mass is 35.5. The summed E-state index contributed by atoms with van der Waals surface area (Å²) in [6, 6.07) is 24.2. The van der Waals surface area contributed by atoms with E-state index in [9.17, 15) is 9.18 Å². The smallest absolute Gasteiger partial charge is 0.254 e. The highest BCUT2D eigenvalue weighted by molar-refractivity contribution is 6.42. The third-order valence-electron chi connectivity index (χ3n) is 8.93. The monoisotopic (exact) mass is 590 g/mol. The van der Waals surface area contributed by atoms with E-state index >= 15 is 0 Å². The minimum atomic E-state index is -0.329. The molecule has 0 radical (unpaired) electrons. The van der Waals surface area contributed by atoms with Gasteiger partial charge in [0.15, 0.2) is 0 Å². The summed E-state index contributed by atoms with van der Waals surface area (Å²) < 4.78 is 20.5. The first-order valence-electron chi connectivity index (χ1n) is 14.2. The number of rotatable bonds is 7. The Morgan fingerprint density at radius 1 is 0.976 bits per heavy atom. The summed E-state index contributed by atoms with van der Waals surface area (Å²) in [5.74, 6) is 0.620. The molecule has 0 aromatic heterocycles. The third kappa shape index (κ3) is 5.55. The number of halogens is 3. The summed E-state index contributed by atoms with van der Waals surface area (Å²) in [5.41, 5.74) is 3.01. The number of carbonyl (C=O) groups excluding carboxylic acids is 1. The number of benzene rings is 4. The van der Waals surface area contributed by atoms with Gasteiger partial charge < -0.3 is 14.5 Å². The van der Waals surface area contributed by atoms with E-state index in [1.165, 1.54) is 11.6 Å². The van der Waals surface area contributed by atoms with Gasteiger partial charge in [0.1, 0.15) is 11.6 Å². The molecule has 0 N–H and O–H groups in total. The van der Waals surface area contributed by atoms with Crippen LogP contribution in [0, 0.1) is 5.82 Å². The third-order valence-corrected chi connectivity index (χ3v) is 9.67. The number of para-hydroxylation sites is 1. The number of ether oxygens (including phenoxy) is 1. The van der Waals surface area contributed by atoms with Gasteiger partial charge in [-0.3, -0.25) is 4.79 Å². The maximum atomic E-state index is 14.4. The SMILES string of the molecule is CN(C[C@@H](CCN1CCC2(CC1)COc1ccccc12)c1ccc(Cl)c(Cl)c1)C(=O)c1ccc(F)c2ccccc12. The largest absolute Gasteiger partial charge is 0.492 e. The average molecular weight is 592 g/mol. The molecule has 41 heavy (non-hydrogen) atoms. The molecule has 0 aliphatic carbocycles. The molecule has 1 amide bonds. The normalized spacial score (nSPS) is 16.9. The molecule has 1 spiro atoms. The van der Waals surface area contributed by atoms with Crippen molar-refractivity contribution in [1.82, 2.24) is 9.80 Å². The van der Waals surface area contributed by atoms with Gasteiger partial charge in [-0.15, -0.1) is 0 Å². The zero-order chi connectivity index (χ0) is 28.6. The highest BCUT2D eigenvalue weighted by Gasteiger charge is 2.42. The van der Waals surface area contributed by atoms with Gasteiger partial charge >= 0.3 is 0 Å². The lowest BCUT2D eigenvalue weighted by Crippen LogP contribution is -2.44. The van der Waals surface area contributed by atoms with Gasteiger partial charge in [0.25, 0.3) is 5.91 Å². The van der Waals surface area contributed by atoms with Crippen molar-refractivity contribution in [2.24, 2.45) is 0 Å². The van der Waals surface area contributed by atoms with Gasteiger partial charge in [0.05, 0.1) is 16.7 Å². The second kappa shape index (κ2) is 11.6. The fourth-order valence-corrected chi connectivity index (χ4v) is 6.79. The van der Waals surface area contributed by atoms with Crippen molar-refractivity contribution in [3.8, 4) is 5.75 Å². The van der Waals surface area contributed by atoms with Crippen molar-refractivity contribution >= 4 is 39.9 Å². The van der Waals surface area contributed by atoms with E-state index in [2.05, 4.69) is 23.1 Å². The van der Waals surface area contributed by atoms with E-state index in [1.54, 1.807) is 29.2 Å². The van der Waals surface area contributed by atoms with Crippen molar-refractivity contribution in [3.63, 3.8) is 0 Å². The van der Waals surface area contributed by atoms with E-state index in [0.717, 1.165) is 56.8 Å². The van der Waals surface area contributed by atoms with Gasteiger partial charge in [-0.1, -0.05) is 71.7 Å². The fourth-order valence-electron chi connectivity index (χ4n) is 6.48. The van der Waals surface area contributed by atoms with E-state index in [-0.39, 0.29) is 23.1 Å². The van der Waals surface area contributed by atoms with Crippen LogP contribution in [0.4, 0.5) is 4.39 Å². The number of carbonyl (C=O) groups is 1. The lowest BCUT2D eigenvalue weighted by molar-refractivity contribution is 0.0781. The molecular weight excluding hydrogens is 558 g/mol. The maximum Gasteiger partial charge on any atom is 0.254 e. The van der Waals surface area contributed by atoms with E-state index < -0.39 is 0 Å². The van der Waals surface area contributed by atoms with Crippen LogP contribution in [0.25, 0.3) is 10.8 Å². The van der Waals surface area contributed by atoms with Crippen LogP contribution in [0.15, 0.2) is 78.9 Å². The van der Waals surface area contributed by atoms with E-state index in [4.69, 9.17) is 27.9 Å². The predicted molar refractivity (Wildman–Crippen MR) is 164 cm³/mol. The van der Waals surface area contributed by atoms with Crippen LogP contribution in [0.2, 0.25) is 10.0 Å². The Morgan fingerprint density at radius 2 is 1.71 bits per heavy atom. The van der Waals surface area contributed by atoms with Crippen LogP contribution in [0.1, 0.15) is 46.7 Å². The molecule has 1 fully saturated rings. The second-order valence-corrected chi connectivity index (χ2v) is 12.2. The van der Waals surface area contributed by atoms with Gasteiger partial charge in [0.2, 0.25) is 0 Å². The Morgan fingerprint density at radius 3 is 2.49 bits per heavy atom. The lowest BCUT2D eigenvalue weighted by Gasteiger charge is -2.39. The standard InChI is InChI=1S/C34H33Cl2FN2O2/c1-38(33(40)27-11-13-31(37)26-7-3-2-6-25(26)27)21-24(23-10-12-29(35)30(36)20-23)14-17-39-18-15-34(16-19-39)22-41-32-9-5-4-8-28(32)34/h2-13,20,24H,14-19,21-22H2,1H3/t24-/m1/s1. The molecule has 4 aromatic rings. The van der Waals surface area contributed by atoms with Crippen molar-refractivity contribution in [2.75, 3.05) is 39.8 Å². The van der Waals surface area contributed by atoms with E-state index in [0.29, 0.717) is 32.9 Å². The predicted octanol–water partition coefficient (Wildman–Crippen LogP) is 7.96. The van der Waals surface area contributed by atoms with Crippen molar-refractivity contribution in [3.05, 3.63) is 111 Å². The Hall–Kier alpha value is -3.12. The topological polar surface area (TPSA) is 32.8 Å². The molecule has 2 aliphatic rings. The number of amides is 1. The Balaban J connectivity index is 1.17. The molecule has 2 heterocycles. The van der Waals surface area contributed by atoms with Gasteiger partial charge in [-0.05, 0) is 80.2 Å². The number of hydrogen-bond donors (Lipinski definition) is 0. The van der Waals surface area contributed by atoms with Crippen LogP contribution in [0.5, 0.6) is 5.75 Å². The van der Waals surface area contributed by atoms with Crippen LogP contribution in [-0.4, -0.2) is 55.5 Å². The average Bonchev–Trinajstić information content (AvgIpc) is 3.35. The Kier molecular flexibility index (Phi) is 7.95. The molecule has 2 aliphatic heterocycles. The number of hydrogen-bond acceptors (Lipinski definition) is 3. The van der Waals surface area contributed by atoms with Crippen LogP contribution >= 0.6 is 23.2 Å². The first-order valence-corrected chi connectivity index (χ1v) is 14.9. The molecule has 0 bridgehead atoms. The number of fused-ring (bicyclic) bond motifs is 3. The molecule has 1 saturated heterocycles. The zero-order valence-electron chi connectivity index (χ0n) is 23.1. The molecular formula is C34H33Cl2FN2O2. The summed E-state index contributed by atoms with van der Waals surface area (Å²) in [6.45, 7) is 4.17. The van der Waals surface area contributed by atoms with Crippen molar-refractivity contribution in [1.29, 1.82) is 0 Å². The molecule has 0 saturated carbocycles. The second-order valence-electron chi connectivity index (χ2n) is 11.4. The minimum absolute atomic E-state index is 0.0526. The van der Waals surface area contributed by atoms with Crippen LogP contribution in [0.3, 0.4) is 0 Å². The summed E-state index contributed by atoms with van der Waals surface area (Å²) in [5, 5.41) is 2.09. The molecule has 4 aromatic carbocycles. The molecule has 1 atom stereocenters. The molecule has 212 valence electrons. The summed E-state index contributed by atoms with van der Waals surface area (Å²) >= 11 is 12.7. The molecule has 4 nitrogen and oxygen atoms in total. The summed E-state index contributed by atoms with van der Waals surface area (Å²) in [4.78, 5) is 17.9. The zero-order valence-corrected chi connectivity index (χ0v) is 24.6. The number of nitrogens with zero attached hydrogens (tertiary/aromatic N) is 2. The van der Waals surface area contributed by atoms with Crippen LogP contribution < -0.4 is 4.74 Å². The summed E-state index contributed by atoms with van der Waals surface area (Å²) in [6.07, 6.45) is 2.99. The van der Waals surface area contributed by atoms with Crippen LogP contribution in [-0.2, 0) is 5.41 Å². The molecule has 6 rings (SSSR count). The van der Waals surface area contributed by atoms with Crippen molar-refractivity contribution in [2.45, 2.75) is 30.6 Å². The summed E-state index contributed by atoms with van der Waals surface area (Å²) in [7, 11) is 1.81. The van der Waals surface area contributed by atoms with Gasteiger partial charge in [-0.25, -0.2) is 4.39 Å². The van der Waals surface area contributed by atoms with Gasteiger partial charge in [-0.2, -0.15) is 0 Å². The first-order chi connectivity index (χ1) is 19.8. The quantitative estimate of drug-likeness (QED) is 0.219. The maximum absolute atomic E-state index is 14.4. The highest BCUT2D eigenvalue weighted by Crippen LogP contribution is 2.45. The number of piperidine rings is 1. The molecule has 7 heteroatoms. The first kappa shape index (κ1) is 28.0. The Bertz CT molecular complexity index is 1580. The minimum Gasteiger partial charge on any atom is -0.492 e. The van der Waals surface area contributed by atoms with Gasteiger partial charge in [0, 0.05) is 41.4 Å². The Labute approximate surface area is 250 Å². The lowest BCUT2D eigenvalue weighted by atomic mass is 9.74. The van der Waals surface area contributed by atoms with Crippen molar-refractivity contribution < 1.29 is 13.9 Å². The number of likely N-dealkylation sites (tertiary alicyclic amines) is 1. The van der Waals surface area contributed by atoms with E-state index in [1.807, 2.05) is 37.4 Å². The molecule has 0 unspecified atom stereocenters.